The van der Waals surface area contributed by atoms with E-state index in [1.165, 1.54) is 16.7 Å². The Kier molecular flexibility index (Phi) is 4.37. The summed E-state index contributed by atoms with van der Waals surface area (Å²) in [6.07, 6.45) is 0. The largest absolute Gasteiger partial charge is 0.457 e. The maximum Gasteiger partial charge on any atom is 0.131 e. The third kappa shape index (κ3) is 3.71. The molecule has 0 radical (unpaired) electrons. The van der Waals surface area contributed by atoms with Crippen LogP contribution >= 0.6 is 0 Å². The van der Waals surface area contributed by atoms with Crippen LogP contribution in [0.4, 0.5) is 0 Å². The summed E-state index contributed by atoms with van der Waals surface area (Å²) in [6.45, 7) is 15.6. The van der Waals surface area contributed by atoms with Crippen LogP contribution in [0.15, 0.2) is 42.5 Å². The molecule has 0 saturated carbocycles. The highest BCUT2D eigenvalue weighted by Gasteiger charge is 2.28. The van der Waals surface area contributed by atoms with Gasteiger partial charge in [0.25, 0.3) is 0 Å². The second-order valence-corrected chi connectivity index (χ2v) is 8.09. The maximum atomic E-state index is 6.23. The van der Waals surface area contributed by atoms with Crippen LogP contribution in [0.3, 0.4) is 0 Å². The molecule has 0 spiro atoms. The second kappa shape index (κ2) is 5.79. The van der Waals surface area contributed by atoms with Gasteiger partial charge in [0.2, 0.25) is 0 Å². The lowest BCUT2D eigenvalue weighted by atomic mass is 9.75. The molecule has 0 fully saturated rings. The van der Waals surface area contributed by atoms with Crippen LogP contribution in [0.5, 0.6) is 11.5 Å². The van der Waals surface area contributed by atoms with Crippen LogP contribution in [0.2, 0.25) is 0 Å². The van der Waals surface area contributed by atoms with Gasteiger partial charge < -0.3 is 4.74 Å². The van der Waals surface area contributed by atoms with E-state index in [0.717, 1.165) is 11.5 Å². The highest BCUT2D eigenvalue weighted by molar-refractivity contribution is 5.49. The molecule has 2 aromatic rings. The number of hydrogen-bond donors (Lipinski definition) is 0. The Labute approximate surface area is 135 Å². The third-order valence-electron chi connectivity index (χ3n) is 3.83. The quantitative estimate of drug-likeness (QED) is 0.624. The summed E-state index contributed by atoms with van der Waals surface area (Å²) < 4.78 is 6.23. The first-order chi connectivity index (χ1) is 10.1. The van der Waals surface area contributed by atoms with E-state index in [4.69, 9.17) is 4.74 Å². The molecule has 0 aliphatic rings. The number of aryl methyl sites for hydroxylation is 1. The lowest BCUT2D eigenvalue weighted by Crippen LogP contribution is -2.22. The Balaban J connectivity index is 2.54. The van der Waals surface area contributed by atoms with Gasteiger partial charge in [0.15, 0.2) is 0 Å². The van der Waals surface area contributed by atoms with Crippen LogP contribution in [0, 0.1) is 6.92 Å². The Hall–Kier alpha value is -1.76. The zero-order chi connectivity index (χ0) is 16.5. The minimum absolute atomic E-state index is 0.0317. The van der Waals surface area contributed by atoms with Crippen LogP contribution in [-0.4, -0.2) is 0 Å². The molecule has 0 aliphatic heterocycles. The summed E-state index contributed by atoms with van der Waals surface area (Å²) >= 11 is 0. The Morgan fingerprint density at radius 3 is 1.82 bits per heavy atom. The molecular weight excluding hydrogens is 268 g/mol. The molecule has 0 N–H and O–H groups in total. The van der Waals surface area contributed by atoms with Crippen LogP contribution in [0.1, 0.15) is 58.2 Å². The Morgan fingerprint density at radius 1 is 0.727 bits per heavy atom. The van der Waals surface area contributed by atoms with Crippen molar-refractivity contribution in [2.24, 2.45) is 0 Å². The van der Waals surface area contributed by atoms with E-state index in [1.54, 1.807) is 0 Å². The van der Waals surface area contributed by atoms with Crippen molar-refractivity contribution in [2.45, 2.75) is 59.3 Å². The molecule has 2 rings (SSSR count). The SMILES string of the molecule is Cc1ccc(Oc2cccc(C(C)(C)C)c2C(C)(C)C)cc1. The molecule has 1 nitrogen and oxygen atoms in total. The van der Waals surface area contributed by atoms with Gasteiger partial charge in [-0.25, -0.2) is 0 Å². The number of rotatable bonds is 2. The molecule has 0 aliphatic carbocycles. The van der Waals surface area contributed by atoms with Crippen molar-refractivity contribution < 1.29 is 4.74 Å². The molecule has 0 amide bonds. The summed E-state index contributed by atoms with van der Waals surface area (Å²) in [6, 6.07) is 14.6. The van der Waals surface area contributed by atoms with E-state index in [-0.39, 0.29) is 10.8 Å². The third-order valence-corrected chi connectivity index (χ3v) is 3.83. The lowest BCUT2D eigenvalue weighted by Gasteiger charge is -2.31. The van der Waals surface area contributed by atoms with Gasteiger partial charge in [-0.1, -0.05) is 71.4 Å². The highest BCUT2D eigenvalue weighted by Crippen LogP contribution is 2.41. The molecule has 22 heavy (non-hydrogen) atoms. The minimum atomic E-state index is 0.0317. The zero-order valence-electron chi connectivity index (χ0n) is 14.9. The summed E-state index contributed by atoms with van der Waals surface area (Å²) in [5, 5.41) is 0. The lowest BCUT2D eigenvalue weighted by molar-refractivity contribution is 0.443. The fraction of sp³-hybridized carbons (Fsp3) is 0.429. The van der Waals surface area contributed by atoms with Gasteiger partial charge in [-0.05, 0) is 41.5 Å². The molecule has 0 atom stereocenters. The molecule has 0 heterocycles. The van der Waals surface area contributed by atoms with Gasteiger partial charge >= 0.3 is 0 Å². The van der Waals surface area contributed by atoms with Crippen molar-refractivity contribution in [1.82, 2.24) is 0 Å². The molecule has 2 aromatic carbocycles. The van der Waals surface area contributed by atoms with Crippen LogP contribution in [-0.2, 0) is 10.8 Å². The second-order valence-electron chi connectivity index (χ2n) is 8.09. The smallest absolute Gasteiger partial charge is 0.131 e. The van der Waals surface area contributed by atoms with Crippen molar-refractivity contribution in [2.75, 3.05) is 0 Å². The van der Waals surface area contributed by atoms with Crippen molar-refractivity contribution in [1.29, 1.82) is 0 Å². The highest BCUT2D eigenvalue weighted by atomic mass is 16.5. The van der Waals surface area contributed by atoms with E-state index in [1.807, 2.05) is 12.1 Å². The van der Waals surface area contributed by atoms with Gasteiger partial charge in [-0.15, -0.1) is 0 Å². The first kappa shape index (κ1) is 16.6. The van der Waals surface area contributed by atoms with Crippen LogP contribution < -0.4 is 4.74 Å². The van der Waals surface area contributed by atoms with Crippen molar-refractivity contribution in [3.8, 4) is 11.5 Å². The summed E-state index contributed by atoms with van der Waals surface area (Å²) in [5.74, 6) is 1.85. The predicted octanol–water partition coefficient (Wildman–Crippen LogP) is 6.38. The van der Waals surface area contributed by atoms with Gasteiger partial charge in [0.05, 0.1) is 0 Å². The topological polar surface area (TPSA) is 9.23 Å². The first-order valence-corrected chi connectivity index (χ1v) is 7.97. The molecular formula is C21H28O. The van der Waals surface area contributed by atoms with E-state index >= 15 is 0 Å². The van der Waals surface area contributed by atoms with Gasteiger partial charge in [-0.3, -0.25) is 0 Å². The number of hydrogen-bond acceptors (Lipinski definition) is 1. The van der Waals surface area contributed by atoms with Crippen molar-refractivity contribution in [3.63, 3.8) is 0 Å². The molecule has 0 aromatic heterocycles. The number of benzene rings is 2. The summed E-state index contributed by atoms with van der Waals surface area (Å²) in [4.78, 5) is 0. The molecule has 1 heteroatoms. The Bertz CT molecular complexity index is 637. The zero-order valence-corrected chi connectivity index (χ0v) is 14.9. The standard InChI is InChI=1S/C21H28O/c1-15-11-13-16(14-12-15)22-18-10-8-9-17(20(2,3)4)19(18)21(5,6)7/h8-14H,1-7H3. The fourth-order valence-corrected chi connectivity index (χ4v) is 2.75. The average Bonchev–Trinajstić information content (AvgIpc) is 2.39. The van der Waals surface area contributed by atoms with Gasteiger partial charge in [0, 0.05) is 5.56 Å². The van der Waals surface area contributed by atoms with Crippen molar-refractivity contribution in [3.05, 3.63) is 59.2 Å². The van der Waals surface area contributed by atoms with E-state index in [0.29, 0.717) is 0 Å². The fourth-order valence-electron chi connectivity index (χ4n) is 2.75. The van der Waals surface area contributed by atoms with Crippen molar-refractivity contribution >= 4 is 0 Å². The first-order valence-electron chi connectivity index (χ1n) is 7.97. The minimum Gasteiger partial charge on any atom is -0.457 e. The average molecular weight is 296 g/mol. The Morgan fingerprint density at radius 2 is 1.32 bits per heavy atom. The van der Waals surface area contributed by atoms with Crippen LogP contribution in [0.25, 0.3) is 0 Å². The van der Waals surface area contributed by atoms with E-state index < -0.39 is 0 Å². The van der Waals surface area contributed by atoms with Gasteiger partial charge in [0.1, 0.15) is 11.5 Å². The molecule has 0 unspecified atom stereocenters. The van der Waals surface area contributed by atoms with E-state index in [2.05, 4.69) is 78.8 Å². The molecule has 118 valence electrons. The maximum absolute atomic E-state index is 6.23. The number of ether oxygens (including phenoxy) is 1. The normalized spacial score (nSPS) is 12.3. The molecule has 0 saturated heterocycles. The monoisotopic (exact) mass is 296 g/mol. The predicted molar refractivity (Wildman–Crippen MR) is 95.1 cm³/mol. The van der Waals surface area contributed by atoms with E-state index in [9.17, 15) is 0 Å². The van der Waals surface area contributed by atoms with Gasteiger partial charge in [-0.2, -0.15) is 0 Å². The summed E-state index contributed by atoms with van der Waals surface area (Å²) in [5.41, 5.74) is 4.01. The summed E-state index contributed by atoms with van der Waals surface area (Å²) in [7, 11) is 0. The molecule has 0 bridgehead atoms.